The number of rotatable bonds is 8. The Morgan fingerprint density at radius 3 is 2.72 bits per heavy atom. The molecule has 9 heteroatoms. The van der Waals surface area contributed by atoms with Gasteiger partial charge in [0.05, 0.1) is 11.6 Å². The number of benzene rings is 2. The molecule has 3 aliphatic rings. The molecule has 0 amide bonds. The second-order valence-corrected chi connectivity index (χ2v) is 13.1. The largest absolute Gasteiger partial charge is 0.493 e. The molecule has 1 spiro atoms. The van der Waals surface area contributed by atoms with Gasteiger partial charge in [-0.25, -0.2) is 13.6 Å². The number of carboxylic acids is 1. The first-order valence-corrected chi connectivity index (χ1v) is 15.6. The first-order chi connectivity index (χ1) is 20.6. The number of pyridine rings is 1. The van der Waals surface area contributed by atoms with E-state index in [1.54, 1.807) is 6.07 Å². The van der Waals surface area contributed by atoms with E-state index < -0.39 is 22.9 Å². The molecule has 0 bridgehead atoms. The Bertz CT molecular complexity index is 1520. The van der Waals surface area contributed by atoms with Crippen LogP contribution >= 0.6 is 11.6 Å². The van der Waals surface area contributed by atoms with Crippen LogP contribution in [0.2, 0.25) is 5.02 Å². The maximum absolute atomic E-state index is 14.3. The van der Waals surface area contributed by atoms with Gasteiger partial charge in [-0.1, -0.05) is 31.5 Å². The lowest BCUT2D eigenvalue weighted by atomic mass is 9.69. The SMILES string of the molecule is C[C@@H](COc1ccnc2c1[C@H](C)CCC2)CN1Cc2cc(F)ccc2C12CCC(Nc1ccc(F)c(Cl)c1)(C(=O)O)CC2. The van der Waals surface area contributed by atoms with Gasteiger partial charge in [-0.3, -0.25) is 9.88 Å². The molecule has 2 atom stereocenters. The van der Waals surface area contributed by atoms with Crippen molar-refractivity contribution < 1.29 is 23.4 Å². The number of aromatic nitrogens is 1. The number of aryl methyl sites for hydroxylation is 1. The van der Waals surface area contributed by atoms with Crippen molar-refractivity contribution in [3.63, 3.8) is 0 Å². The molecule has 0 radical (unpaired) electrons. The summed E-state index contributed by atoms with van der Waals surface area (Å²) in [6.07, 6.45) is 6.94. The maximum Gasteiger partial charge on any atom is 0.329 e. The number of aliphatic carboxylic acids is 1. The van der Waals surface area contributed by atoms with Gasteiger partial charge in [0.25, 0.3) is 0 Å². The summed E-state index contributed by atoms with van der Waals surface area (Å²) in [5.74, 6) is -0.269. The minimum Gasteiger partial charge on any atom is -0.493 e. The van der Waals surface area contributed by atoms with Crippen LogP contribution < -0.4 is 10.1 Å². The van der Waals surface area contributed by atoms with Crippen molar-refractivity contribution in [1.29, 1.82) is 0 Å². The zero-order chi connectivity index (χ0) is 30.4. The summed E-state index contributed by atoms with van der Waals surface area (Å²) in [7, 11) is 0. The summed E-state index contributed by atoms with van der Waals surface area (Å²) in [5.41, 5.74) is 3.22. The molecule has 0 unspecified atom stereocenters. The quantitative estimate of drug-likeness (QED) is 0.273. The lowest BCUT2D eigenvalue weighted by molar-refractivity contribution is -0.145. The number of hydrogen-bond donors (Lipinski definition) is 2. The number of anilines is 1. The van der Waals surface area contributed by atoms with E-state index in [0.29, 0.717) is 50.4 Å². The van der Waals surface area contributed by atoms with Crippen LogP contribution in [0.15, 0.2) is 48.7 Å². The molecule has 6 nitrogen and oxygen atoms in total. The van der Waals surface area contributed by atoms with Crippen molar-refractivity contribution in [3.05, 3.63) is 87.7 Å². The molecule has 228 valence electrons. The number of hydrogen-bond acceptors (Lipinski definition) is 5. The Balaban J connectivity index is 1.21. The Morgan fingerprint density at radius 1 is 1.19 bits per heavy atom. The van der Waals surface area contributed by atoms with Crippen LogP contribution in [0.4, 0.5) is 14.5 Å². The highest BCUT2D eigenvalue weighted by molar-refractivity contribution is 6.31. The van der Waals surface area contributed by atoms with Gasteiger partial charge in [0.2, 0.25) is 0 Å². The van der Waals surface area contributed by atoms with Crippen LogP contribution in [0.1, 0.15) is 80.7 Å². The highest BCUT2D eigenvalue weighted by Gasteiger charge is 2.53. The molecule has 2 aliphatic carbocycles. The number of ether oxygens (including phenoxy) is 1. The van der Waals surface area contributed by atoms with Crippen LogP contribution in [-0.2, 0) is 23.3 Å². The lowest BCUT2D eigenvalue weighted by Gasteiger charge is -2.48. The van der Waals surface area contributed by atoms with Crippen LogP contribution in [0, 0.1) is 17.6 Å². The molecule has 43 heavy (non-hydrogen) atoms. The first-order valence-electron chi connectivity index (χ1n) is 15.2. The van der Waals surface area contributed by atoms with Gasteiger partial charge >= 0.3 is 5.97 Å². The molecular weight excluding hydrogens is 572 g/mol. The van der Waals surface area contributed by atoms with Crippen LogP contribution in [0.25, 0.3) is 0 Å². The molecule has 6 rings (SSSR count). The smallest absolute Gasteiger partial charge is 0.329 e. The van der Waals surface area contributed by atoms with Crippen molar-refractivity contribution in [1.82, 2.24) is 9.88 Å². The molecule has 2 heterocycles. The third-order valence-electron chi connectivity index (χ3n) is 9.81. The number of carbonyl (C=O) groups is 1. The van der Waals surface area contributed by atoms with Crippen LogP contribution in [0.3, 0.4) is 0 Å². The van der Waals surface area contributed by atoms with Crippen molar-refractivity contribution in [3.8, 4) is 5.75 Å². The van der Waals surface area contributed by atoms with Gasteiger partial charge in [-0.2, -0.15) is 0 Å². The highest BCUT2D eigenvalue weighted by Crippen LogP contribution is 2.52. The van der Waals surface area contributed by atoms with E-state index in [4.69, 9.17) is 16.3 Å². The van der Waals surface area contributed by atoms with Crippen LogP contribution in [0.5, 0.6) is 5.75 Å². The second-order valence-electron chi connectivity index (χ2n) is 12.7. The Kier molecular flexibility index (Phi) is 8.11. The molecule has 1 aliphatic heterocycles. The lowest BCUT2D eigenvalue weighted by Crippen LogP contribution is -2.55. The molecular formula is C34H38ClF2N3O3. The fourth-order valence-electron chi connectivity index (χ4n) is 7.56. The van der Waals surface area contributed by atoms with Gasteiger partial charge in [0, 0.05) is 47.7 Å². The number of halogens is 3. The van der Waals surface area contributed by atoms with Crippen molar-refractivity contribution in [2.24, 2.45) is 5.92 Å². The predicted molar refractivity (Wildman–Crippen MR) is 163 cm³/mol. The number of nitrogens with zero attached hydrogens (tertiary/aromatic N) is 2. The van der Waals surface area contributed by atoms with Gasteiger partial charge in [0.1, 0.15) is 22.9 Å². The average molecular weight is 610 g/mol. The highest BCUT2D eigenvalue weighted by atomic mass is 35.5. The Morgan fingerprint density at radius 2 is 1.98 bits per heavy atom. The minimum atomic E-state index is -1.23. The van der Waals surface area contributed by atoms with E-state index in [2.05, 4.69) is 29.0 Å². The minimum absolute atomic E-state index is 0.0614. The molecule has 1 saturated carbocycles. The predicted octanol–water partition coefficient (Wildman–Crippen LogP) is 7.69. The molecule has 0 saturated heterocycles. The molecule has 2 N–H and O–H groups in total. The summed E-state index contributed by atoms with van der Waals surface area (Å²) in [6, 6.07) is 11.1. The fourth-order valence-corrected chi connectivity index (χ4v) is 7.74. The average Bonchev–Trinajstić information content (AvgIpc) is 3.26. The van der Waals surface area contributed by atoms with Gasteiger partial charge in [-0.05, 0) is 98.4 Å². The summed E-state index contributed by atoms with van der Waals surface area (Å²) < 4.78 is 34.5. The van der Waals surface area contributed by atoms with Crippen LogP contribution in [-0.4, -0.2) is 39.7 Å². The summed E-state index contributed by atoms with van der Waals surface area (Å²) >= 11 is 5.99. The van der Waals surface area contributed by atoms with E-state index in [1.807, 2.05) is 18.3 Å². The van der Waals surface area contributed by atoms with E-state index in [-0.39, 0.29) is 16.8 Å². The monoisotopic (exact) mass is 609 g/mol. The summed E-state index contributed by atoms with van der Waals surface area (Å²) in [6.45, 7) is 6.26. The Hall–Kier alpha value is -3.23. The number of nitrogens with one attached hydrogen (secondary N) is 1. The zero-order valence-electron chi connectivity index (χ0n) is 24.6. The van der Waals surface area contributed by atoms with Gasteiger partial charge < -0.3 is 15.2 Å². The van der Waals surface area contributed by atoms with E-state index >= 15 is 0 Å². The first kappa shape index (κ1) is 29.8. The van der Waals surface area contributed by atoms with Crippen molar-refractivity contribution in [2.75, 3.05) is 18.5 Å². The normalized spacial score (nSPS) is 25.7. The molecule has 1 aromatic heterocycles. The summed E-state index contributed by atoms with van der Waals surface area (Å²) in [5, 5.41) is 13.5. The maximum atomic E-state index is 14.3. The van der Waals surface area contributed by atoms with Crippen molar-refractivity contribution >= 4 is 23.3 Å². The third kappa shape index (κ3) is 5.60. The second kappa shape index (κ2) is 11.7. The van der Waals surface area contributed by atoms with E-state index in [9.17, 15) is 18.7 Å². The fraction of sp³-hybridized carbons (Fsp3) is 0.471. The van der Waals surface area contributed by atoms with Gasteiger partial charge in [0.15, 0.2) is 0 Å². The standard InChI is InChI=1S/C34H38ClF2N3O3/c1-21(20-43-30-10-15-38-29-5-3-4-22(2)31(29)30)18-40-19-23-16-24(36)6-8-26(23)34(40)13-11-33(12-14-34,32(41)42)39-25-7-9-28(37)27(35)17-25/h6-10,15-17,21-22,39H,3-5,11-14,18-20H2,1-2H3,(H,41,42)/t21-,22-,33?,34?/m1/s1. The third-order valence-corrected chi connectivity index (χ3v) is 10.1. The van der Waals surface area contributed by atoms with E-state index in [1.165, 1.54) is 29.8 Å². The topological polar surface area (TPSA) is 74.7 Å². The zero-order valence-corrected chi connectivity index (χ0v) is 25.4. The summed E-state index contributed by atoms with van der Waals surface area (Å²) in [4.78, 5) is 19.7. The molecule has 1 fully saturated rings. The molecule has 2 aromatic carbocycles. The number of carboxylic acid groups (broad SMARTS) is 1. The van der Waals surface area contributed by atoms with Gasteiger partial charge in [-0.15, -0.1) is 0 Å². The molecule has 3 aromatic rings. The Labute approximate surface area is 256 Å². The van der Waals surface area contributed by atoms with E-state index in [0.717, 1.165) is 48.4 Å². The number of fused-ring (bicyclic) bond motifs is 3. The van der Waals surface area contributed by atoms with Crippen molar-refractivity contribution in [2.45, 2.75) is 82.3 Å².